The van der Waals surface area contributed by atoms with E-state index >= 15 is 0 Å². The standard InChI is InChI=1S/C27H29NO8/c1-26-14-13-19-17(7-8-20-21(29)10-11-22(30)27(19,20)25(32)35-2)18(26)9-12-23(26)36-24(31)15-3-5-16(6-4-15)28(33)34/h3-6,19-20,23H,7-14H2,1-2H3/t19-,20+,23-,26-,27-/m0/s1. The molecule has 3 saturated carbocycles. The lowest BCUT2D eigenvalue weighted by atomic mass is 9.48. The van der Waals surface area contributed by atoms with E-state index in [1.165, 1.54) is 31.4 Å². The minimum Gasteiger partial charge on any atom is -0.468 e. The monoisotopic (exact) mass is 495 g/mol. The molecule has 3 fully saturated rings. The molecule has 0 amide bonds. The van der Waals surface area contributed by atoms with Crippen LogP contribution in [0.1, 0.15) is 68.6 Å². The number of fused-ring (bicyclic) bond motifs is 4. The molecule has 0 saturated heterocycles. The molecule has 1 aromatic rings. The van der Waals surface area contributed by atoms with Crippen molar-refractivity contribution in [2.45, 2.75) is 64.4 Å². The van der Waals surface area contributed by atoms with Crippen LogP contribution < -0.4 is 0 Å². The van der Waals surface area contributed by atoms with Crippen molar-refractivity contribution in [2.24, 2.45) is 22.7 Å². The Balaban J connectivity index is 1.46. The van der Waals surface area contributed by atoms with E-state index in [1.54, 1.807) is 0 Å². The van der Waals surface area contributed by atoms with Gasteiger partial charge in [0.1, 0.15) is 17.3 Å². The third kappa shape index (κ3) is 3.35. The van der Waals surface area contributed by atoms with Crippen LogP contribution in [0.2, 0.25) is 0 Å². The first kappa shape index (κ1) is 24.3. The highest BCUT2D eigenvalue weighted by atomic mass is 16.6. The second kappa shape index (κ2) is 8.64. The van der Waals surface area contributed by atoms with Gasteiger partial charge in [-0.2, -0.15) is 0 Å². The van der Waals surface area contributed by atoms with Gasteiger partial charge in [0.05, 0.1) is 17.6 Å². The Bertz CT molecular complexity index is 1190. The molecule has 0 aliphatic heterocycles. The molecule has 0 radical (unpaired) electrons. The number of non-ortho nitro benzene ring substituents is 1. The first-order valence-corrected chi connectivity index (χ1v) is 12.5. The molecule has 0 spiro atoms. The largest absolute Gasteiger partial charge is 0.468 e. The molecule has 190 valence electrons. The van der Waals surface area contributed by atoms with Crippen molar-refractivity contribution < 1.29 is 33.6 Å². The molecule has 9 nitrogen and oxygen atoms in total. The Kier molecular flexibility index (Phi) is 5.84. The van der Waals surface area contributed by atoms with Gasteiger partial charge in [0, 0.05) is 42.2 Å². The Morgan fingerprint density at radius 2 is 1.72 bits per heavy atom. The number of hydrogen-bond acceptors (Lipinski definition) is 8. The number of allylic oxidation sites excluding steroid dienone is 1. The zero-order chi connectivity index (χ0) is 25.8. The molecule has 0 aromatic heterocycles. The minimum atomic E-state index is -1.44. The molecule has 5 atom stereocenters. The van der Waals surface area contributed by atoms with Gasteiger partial charge in [-0.15, -0.1) is 0 Å². The van der Waals surface area contributed by atoms with Crippen molar-refractivity contribution in [3.8, 4) is 0 Å². The van der Waals surface area contributed by atoms with Crippen molar-refractivity contribution in [1.29, 1.82) is 0 Å². The number of nitrogens with zero attached hydrogens (tertiary/aromatic N) is 1. The Labute approximate surface area is 208 Å². The second-order valence-corrected chi connectivity index (χ2v) is 10.6. The van der Waals surface area contributed by atoms with Crippen LogP contribution in [0.4, 0.5) is 5.69 Å². The topological polar surface area (TPSA) is 130 Å². The zero-order valence-corrected chi connectivity index (χ0v) is 20.4. The van der Waals surface area contributed by atoms with Gasteiger partial charge in [0.2, 0.25) is 0 Å². The normalized spacial score (nSPS) is 33.3. The Hall–Kier alpha value is -3.36. The minimum absolute atomic E-state index is 0.0290. The maximum atomic E-state index is 13.4. The smallest absolute Gasteiger partial charge is 0.338 e. The second-order valence-electron chi connectivity index (χ2n) is 10.6. The van der Waals surface area contributed by atoms with E-state index in [9.17, 15) is 29.3 Å². The third-order valence-electron chi connectivity index (χ3n) is 9.15. The van der Waals surface area contributed by atoms with Gasteiger partial charge in [0.25, 0.3) is 5.69 Å². The first-order valence-electron chi connectivity index (χ1n) is 12.5. The quantitative estimate of drug-likeness (QED) is 0.200. The SMILES string of the molecule is COC(=O)[C@]12C(=O)CCC(=O)[C@H]1CCC1=C3CC[C@H](OC(=O)c4ccc([N+](=O)[O-])cc4)[C@@]3(C)CC[C@@H]12. The van der Waals surface area contributed by atoms with E-state index in [2.05, 4.69) is 6.92 Å². The number of hydrogen-bond donors (Lipinski definition) is 0. The number of ether oxygens (including phenoxy) is 2. The number of nitro benzene ring substituents is 1. The summed E-state index contributed by atoms with van der Waals surface area (Å²) in [7, 11) is 1.28. The lowest BCUT2D eigenvalue weighted by molar-refractivity contribution is -0.384. The summed E-state index contributed by atoms with van der Waals surface area (Å²) in [4.78, 5) is 62.7. The molecule has 0 N–H and O–H groups in total. The fourth-order valence-corrected chi connectivity index (χ4v) is 7.43. The van der Waals surface area contributed by atoms with Crippen LogP contribution >= 0.6 is 0 Å². The van der Waals surface area contributed by atoms with E-state index in [0.717, 1.165) is 11.1 Å². The van der Waals surface area contributed by atoms with Crippen LogP contribution in [0.5, 0.6) is 0 Å². The maximum Gasteiger partial charge on any atom is 0.338 e. The summed E-state index contributed by atoms with van der Waals surface area (Å²) < 4.78 is 11.1. The van der Waals surface area contributed by atoms with E-state index in [-0.39, 0.29) is 47.7 Å². The van der Waals surface area contributed by atoms with Gasteiger partial charge in [-0.25, -0.2) is 4.79 Å². The molecule has 4 aliphatic carbocycles. The highest BCUT2D eigenvalue weighted by Crippen LogP contribution is 2.63. The molecular weight excluding hydrogens is 466 g/mol. The fraction of sp³-hybridized carbons (Fsp3) is 0.556. The number of methoxy groups -OCH3 is 1. The first-order chi connectivity index (χ1) is 17.1. The number of ketones is 2. The van der Waals surface area contributed by atoms with Crippen LogP contribution in [0.3, 0.4) is 0 Å². The third-order valence-corrected chi connectivity index (χ3v) is 9.15. The van der Waals surface area contributed by atoms with Gasteiger partial charge in [0.15, 0.2) is 5.78 Å². The van der Waals surface area contributed by atoms with Gasteiger partial charge >= 0.3 is 11.9 Å². The van der Waals surface area contributed by atoms with Crippen molar-refractivity contribution in [3.05, 3.63) is 51.1 Å². The number of carbonyl (C=O) groups excluding carboxylic acids is 4. The summed E-state index contributed by atoms with van der Waals surface area (Å²) in [6.45, 7) is 2.07. The highest BCUT2D eigenvalue weighted by Gasteiger charge is 2.66. The van der Waals surface area contributed by atoms with E-state index in [1.807, 2.05) is 0 Å². The summed E-state index contributed by atoms with van der Waals surface area (Å²) >= 11 is 0. The van der Waals surface area contributed by atoms with Crippen molar-refractivity contribution >= 4 is 29.2 Å². The molecular formula is C27H29NO8. The number of nitro groups is 1. The fourth-order valence-electron chi connectivity index (χ4n) is 7.43. The van der Waals surface area contributed by atoms with Crippen molar-refractivity contribution in [1.82, 2.24) is 0 Å². The molecule has 0 bridgehead atoms. The maximum absolute atomic E-state index is 13.4. The summed E-state index contributed by atoms with van der Waals surface area (Å²) in [6.07, 6.45) is 3.38. The zero-order valence-electron chi connectivity index (χ0n) is 20.4. The van der Waals surface area contributed by atoms with Gasteiger partial charge in [-0.1, -0.05) is 18.1 Å². The molecule has 9 heteroatoms. The Morgan fingerprint density at radius 3 is 2.39 bits per heavy atom. The van der Waals surface area contributed by atoms with E-state index in [4.69, 9.17) is 9.47 Å². The summed E-state index contributed by atoms with van der Waals surface area (Å²) in [5, 5.41) is 10.9. The average molecular weight is 496 g/mol. The van der Waals surface area contributed by atoms with Crippen LogP contribution in [-0.4, -0.2) is 41.6 Å². The average Bonchev–Trinajstić information content (AvgIpc) is 3.21. The lowest BCUT2D eigenvalue weighted by Gasteiger charge is -2.53. The highest BCUT2D eigenvalue weighted by molar-refractivity contribution is 6.12. The molecule has 4 aliphatic rings. The summed E-state index contributed by atoms with van der Waals surface area (Å²) in [5.41, 5.74) is 0.453. The predicted octanol–water partition coefficient (Wildman–Crippen LogP) is 4.13. The number of rotatable bonds is 4. The Morgan fingerprint density at radius 1 is 1.00 bits per heavy atom. The van der Waals surface area contributed by atoms with Crippen LogP contribution in [0.15, 0.2) is 35.4 Å². The van der Waals surface area contributed by atoms with Gasteiger partial charge in [-0.3, -0.25) is 24.5 Å². The van der Waals surface area contributed by atoms with Crippen molar-refractivity contribution in [2.75, 3.05) is 7.11 Å². The summed E-state index contributed by atoms with van der Waals surface area (Å²) in [6, 6.07) is 5.33. The lowest BCUT2D eigenvalue weighted by Crippen LogP contribution is -2.60. The molecule has 0 unspecified atom stereocenters. The van der Waals surface area contributed by atoms with Crippen LogP contribution in [0.25, 0.3) is 0 Å². The molecule has 0 heterocycles. The van der Waals surface area contributed by atoms with Crippen LogP contribution in [0, 0.1) is 32.8 Å². The van der Waals surface area contributed by atoms with Crippen LogP contribution in [-0.2, 0) is 23.9 Å². The van der Waals surface area contributed by atoms with Crippen molar-refractivity contribution in [3.63, 3.8) is 0 Å². The van der Waals surface area contributed by atoms with Gasteiger partial charge < -0.3 is 9.47 Å². The number of benzene rings is 1. The van der Waals surface area contributed by atoms with E-state index < -0.39 is 33.6 Å². The molecule has 1 aromatic carbocycles. The molecule has 5 rings (SSSR count). The van der Waals surface area contributed by atoms with Gasteiger partial charge in [-0.05, 0) is 50.7 Å². The molecule has 36 heavy (non-hydrogen) atoms. The summed E-state index contributed by atoms with van der Waals surface area (Å²) in [5.74, 6) is -2.36. The number of carbonyl (C=O) groups is 4. The number of esters is 2. The number of Topliss-reactive ketones (excluding diaryl/α,β-unsaturated/α-hetero) is 2. The predicted molar refractivity (Wildman–Crippen MR) is 126 cm³/mol. The van der Waals surface area contributed by atoms with E-state index in [0.29, 0.717) is 38.5 Å².